The molecule has 1 atom stereocenters. The van der Waals surface area contributed by atoms with Crippen molar-refractivity contribution >= 4 is 16.9 Å². The molecule has 0 fully saturated rings. The Hall–Kier alpha value is -2.88. The standard InChI is InChI=1S/C27H31NO3/c1-5-7-21(27(30)31)25-23(19-12-10-17(11-13-19)16(2)3)24-20-9-6-8-18(20)14-15-22(24)28(4)26(25)29/h10-16,21H,5-9H2,1-4H3,(H,30,31). The maximum absolute atomic E-state index is 13.6. The van der Waals surface area contributed by atoms with Crippen molar-refractivity contribution < 1.29 is 9.90 Å². The highest BCUT2D eigenvalue weighted by Gasteiger charge is 2.30. The third kappa shape index (κ3) is 3.58. The van der Waals surface area contributed by atoms with E-state index in [-0.39, 0.29) is 5.56 Å². The molecule has 2 aromatic carbocycles. The summed E-state index contributed by atoms with van der Waals surface area (Å²) in [5, 5.41) is 11.1. The van der Waals surface area contributed by atoms with E-state index < -0.39 is 11.9 Å². The van der Waals surface area contributed by atoms with Crippen LogP contribution in [0.2, 0.25) is 0 Å². The van der Waals surface area contributed by atoms with Crippen molar-refractivity contribution in [2.24, 2.45) is 7.05 Å². The fourth-order valence-electron chi connectivity index (χ4n) is 5.08. The topological polar surface area (TPSA) is 59.3 Å². The molecule has 1 aromatic heterocycles. The number of fused-ring (bicyclic) bond motifs is 3. The van der Waals surface area contributed by atoms with Crippen LogP contribution in [0.4, 0.5) is 0 Å². The van der Waals surface area contributed by atoms with Crippen LogP contribution < -0.4 is 5.56 Å². The average Bonchev–Trinajstić information content (AvgIpc) is 3.23. The maximum atomic E-state index is 13.6. The van der Waals surface area contributed by atoms with Gasteiger partial charge in [0.2, 0.25) is 0 Å². The summed E-state index contributed by atoms with van der Waals surface area (Å²) in [6.45, 7) is 6.28. The molecule has 0 amide bonds. The van der Waals surface area contributed by atoms with E-state index in [2.05, 4.69) is 44.2 Å². The molecule has 3 aromatic rings. The number of carbonyl (C=O) groups is 1. The van der Waals surface area contributed by atoms with E-state index in [9.17, 15) is 14.7 Å². The van der Waals surface area contributed by atoms with Crippen LogP contribution in [0.15, 0.2) is 41.2 Å². The van der Waals surface area contributed by atoms with Crippen molar-refractivity contribution in [3.63, 3.8) is 0 Å². The second-order valence-electron chi connectivity index (χ2n) is 9.06. The van der Waals surface area contributed by atoms with E-state index in [4.69, 9.17) is 0 Å². The second kappa shape index (κ2) is 8.33. The van der Waals surface area contributed by atoms with Crippen LogP contribution >= 0.6 is 0 Å². The van der Waals surface area contributed by atoms with Crippen molar-refractivity contribution in [2.75, 3.05) is 0 Å². The molecule has 162 valence electrons. The molecule has 0 aliphatic heterocycles. The van der Waals surface area contributed by atoms with Crippen LogP contribution in [0.3, 0.4) is 0 Å². The lowest BCUT2D eigenvalue weighted by Crippen LogP contribution is -2.28. The van der Waals surface area contributed by atoms with Crippen LogP contribution in [0, 0.1) is 0 Å². The zero-order chi connectivity index (χ0) is 22.3. The minimum Gasteiger partial charge on any atom is -0.481 e. The van der Waals surface area contributed by atoms with Crippen molar-refractivity contribution in [1.29, 1.82) is 0 Å². The van der Waals surface area contributed by atoms with Gasteiger partial charge in [0.05, 0.1) is 11.4 Å². The van der Waals surface area contributed by atoms with Crippen molar-refractivity contribution in [2.45, 2.75) is 64.7 Å². The Balaban J connectivity index is 2.15. The summed E-state index contributed by atoms with van der Waals surface area (Å²) in [4.78, 5) is 25.9. The summed E-state index contributed by atoms with van der Waals surface area (Å²) in [5.74, 6) is -1.33. The molecule has 0 saturated heterocycles. The highest BCUT2D eigenvalue weighted by atomic mass is 16.4. The fraction of sp³-hybridized carbons (Fsp3) is 0.407. The molecule has 1 unspecified atom stereocenters. The van der Waals surface area contributed by atoms with Gasteiger partial charge in [0, 0.05) is 23.6 Å². The Morgan fingerprint density at radius 1 is 1.10 bits per heavy atom. The molecule has 1 heterocycles. The largest absolute Gasteiger partial charge is 0.481 e. The van der Waals surface area contributed by atoms with E-state index in [1.54, 1.807) is 11.6 Å². The molecule has 1 aliphatic carbocycles. The lowest BCUT2D eigenvalue weighted by atomic mass is 9.84. The Labute approximate surface area is 183 Å². The van der Waals surface area contributed by atoms with E-state index in [1.165, 1.54) is 16.7 Å². The molecule has 0 bridgehead atoms. The maximum Gasteiger partial charge on any atom is 0.311 e. The Bertz CT molecular complexity index is 1200. The number of aliphatic carboxylic acids is 1. The number of aryl methyl sites for hydroxylation is 3. The summed E-state index contributed by atoms with van der Waals surface area (Å²) >= 11 is 0. The van der Waals surface area contributed by atoms with E-state index in [0.717, 1.165) is 41.3 Å². The number of benzene rings is 2. The lowest BCUT2D eigenvalue weighted by molar-refractivity contribution is -0.139. The number of hydrogen-bond acceptors (Lipinski definition) is 2. The van der Waals surface area contributed by atoms with E-state index in [0.29, 0.717) is 24.3 Å². The molecule has 1 aliphatic rings. The number of aromatic nitrogens is 1. The summed E-state index contributed by atoms with van der Waals surface area (Å²) in [6, 6.07) is 12.5. The molecule has 1 N–H and O–H groups in total. The first-order valence-corrected chi connectivity index (χ1v) is 11.4. The minimum absolute atomic E-state index is 0.200. The summed E-state index contributed by atoms with van der Waals surface area (Å²) in [6.07, 6.45) is 4.24. The van der Waals surface area contributed by atoms with Crippen molar-refractivity contribution in [1.82, 2.24) is 4.57 Å². The Kier molecular flexibility index (Phi) is 5.74. The zero-order valence-corrected chi connectivity index (χ0v) is 18.9. The van der Waals surface area contributed by atoms with E-state index >= 15 is 0 Å². The summed E-state index contributed by atoms with van der Waals surface area (Å²) < 4.78 is 1.65. The van der Waals surface area contributed by atoms with Crippen LogP contribution in [0.1, 0.15) is 74.1 Å². The van der Waals surface area contributed by atoms with Gasteiger partial charge >= 0.3 is 5.97 Å². The van der Waals surface area contributed by atoms with Gasteiger partial charge in [-0.2, -0.15) is 0 Å². The normalized spacial score (nSPS) is 14.2. The molecule has 4 heteroatoms. The minimum atomic E-state index is -0.925. The zero-order valence-electron chi connectivity index (χ0n) is 18.9. The molecular formula is C27H31NO3. The third-order valence-electron chi connectivity index (χ3n) is 6.77. The summed E-state index contributed by atoms with van der Waals surface area (Å²) in [5.41, 5.74) is 6.70. The van der Waals surface area contributed by atoms with Crippen molar-refractivity contribution in [3.8, 4) is 11.1 Å². The van der Waals surface area contributed by atoms with Gasteiger partial charge in [-0.3, -0.25) is 9.59 Å². The van der Waals surface area contributed by atoms with Crippen LogP contribution in [-0.4, -0.2) is 15.6 Å². The smallest absolute Gasteiger partial charge is 0.311 e. The molecule has 31 heavy (non-hydrogen) atoms. The SMILES string of the molecule is CCCC(C(=O)O)c1c(-c2ccc(C(C)C)cc2)c2c3c(ccc2n(C)c1=O)CCC3. The van der Waals surface area contributed by atoms with Gasteiger partial charge < -0.3 is 9.67 Å². The van der Waals surface area contributed by atoms with Crippen LogP contribution in [-0.2, 0) is 24.7 Å². The van der Waals surface area contributed by atoms with E-state index in [1.807, 2.05) is 13.0 Å². The molecule has 0 saturated carbocycles. The highest BCUT2D eigenvalue weighted by Crippen LogP contribution is 2.40. The Morgan fingerprint density at radius 2 is 1.81 bits per heavy atom. The first kappa shape index (κ1) is 21.4. The van der Waals surface area contributed by atoms with Gasteiger partial charge in [-0.25, -0.2) is 0 Å². The van der Waals surface area contributed by atoms with Gasteiger partial charge in [0.25, 0.3) is 5.56 Å². The quantitative estimate of drug-likeness (QED) is 0.552. The number of nitrogens with zero attached hydrogens (tertiary/aromatic N) is 1. The van der Waals surface area contributed by atoms with Gasteiger partial charge in [0.15, 0.2) is 0 Å². The number of rotatable bonds is 6. The van der Waals surface area contributed by atoms with Gasteiger partial charge in [0.1, 0.15) is 0 Å². The van der Waals surface area contributed by atoms with Crippen LogP contribution in [0.25, 0.3) is 22.0 Å². The van der Waals surface area contributed by atoms with Crippen molar-refractivity contribution in [3.05, 3.63) is 69.0 Å². The molecular weight excluding hydrogens is 386 g/mol. The molecule has 4 nitrogen and oxygen atoms in total. The van der Waals surface area contributed by atoms with Gasteiger partial charge in [-0.05, 0) is 59.9 Å². The monoisotopic (exact) mass is 417 g/mol. The highest BCUT2D eigenvalue weighted by molar-refractivity contribution is 6.01. The molecule has 0 radical (unpaired) electrons. The second-order valence-corrected chi connectivity index (χ2v) is 9.06. The summed E-state index contributed by atoms with van der Waals surface area (Å²) in [7, 11) is 1.77. The molecule has 4 rings (SSSR count). The van der Waals surface area contributed by atoms with Gasteiger partial charge in [-0.1, -0.05) is 57.5 Å². The Morgan fingerprint density at radius 3 is 2.42 bits per heavy atom. The van der Waals surface area contributed by atoms with Gasteiger partial charge in [-0.15, -0.1) is 0 Å². The number of pyridine rings is 1. The number of hydrogen-bond donors (Lipinski definition) is 1. The average molecular weight is 418 g/mol. The predicted octanol–water partition coefficient (Wildman–Crippen LogP) is 5.79. The third-order valence-corrected chi connectivity index (χ3v) is 6.77. The lowest BCUT2D eigenvalue weighted by Gasteiger charge is -2.22. The number of carboxylic acid groups (broad SMARTS) is 1. The first-order chi connectivity index (χ1) is 14.8. The predicted molar refractivity (Wildman–Crippen MR) is 126 cm³/mol. The molecule has 0 spiro atoms. The van der Waals surface area contributed by atoms with Crippen LogP contribution in [0.5, 0.6) is 0 Å². The number of carboxylic acids is 1. The fourth-order valence-corrected chi connectivity index (χ4v) is 5.08. The first-order valence-electron chi connectivity index (χ1n) is 11.4.